The van der Waals surface area contributed by atoms with Crippen LogP contribution in [0.15, 0.2) is 33.6 Å². The van der Waals surface area contributed by atoms with Crippen LogP contribution in [0.5, 0.6) is 0 Å². The molecule has 13 heavy (non-hydrogen) atoms. The van der Waals surface area contributed by atoms with Crippen LogP contribution in [0.2, 0.25) is 0 Å². The van der Waals surface area contributed by atoms with E-state index in [1.165, 1.54) is 6.08 Å². The van der Waals surface area contributed by atoms with Gasteiger partial charge in [0.25, 0.3) is 0 Å². The van der Waals surface area contributed by atoms with Crippen molar-refractivity contribution in [3.05, 3.63) is 33.6 Å². The lowest BCUT2D eigenvalue weighted by molar-refractivity contribution is -0.104. The SMILES string of the molecule is CC1C2=CC(F)=C(C=O)C=C(Br)C21. The summed E-state index contributed by atoms with van der Waals surface area (Å²) >= 11 is 3.35. The fourth-order valence-electron chi connectivity index (χ4n) is 1.67. The molecule has 0 N–H and O–H groups in total. The summed E-state index contributed by atoms with van der Waals surface area (Å²) in [5, 5.41) is 0. The Bertz CT molecular complexity index is 365. The first-order valence-corrected chi connectivity index (χ1v) is 4.88. The van der Waals surface area contributed by atoms with Gasteiger partial charge in [-0.3, -0.25) is 4.79 Å². The highest BCUT2D eigenvalue weighted by Crippen LogP contribution is 2.54. The topological polar surface area (TPSA) is 17.1 Å². The molecule has 2 aliphatic carbocycles. The van der Waals surface area contributed by atoms with Gasteiger partial charge in [0.15, 0.2) is 6.29 Å². The Labute approximate surface area is 84.1 Å². The van der Waals surface area contributed by atoms with Crippen LogP contribution in [0.4, 0.5) is 4.39 Å². The van der Waals surface area contributed by atoms with Gasteiger partial charge in [-0.25, -0.2) is 4.39 Å². The molecule has 0 aromatic heterocycles. The predicted octanol–water partition coefficient (Wildman–Crippen LogP) is 2.89. The minimum Gasteiger partial charge on any atom is -0.298 e. The molecule has 1 nitrogen and oxygen atoms in total. The third-order valence-corrected chi connectivity index (χ3v) is 3.28. The quantitative estimate of drug-likeness (QED) is 0.647. The van der Waals surface area contributed by atoms with Crippen molar-refractivity contribution < 1.29 is 9.18 Å². The monoisotopic (exact) mass is 242 g/mol. The van der Waals surface area contributed by atoms with Crippen molar-refractivity contribution in [2.45, 2.75) is 6.92 Å². The van der Waals surface area contributed by atoms with Gasteiger partial charge in [-0.15, -0.1) is 0 Å². The van der Waals surface area contributed by atoms with E-state index in [2.05, 4.69) is 15.9 Å². The van der Waals surface area contributed by atoms with E-state index < -0.39 is 5.83 Å². The van der Waals surface area contributed by atoms with Crippen LogP contribution in [0.25, 0.3) is 0 Å². The Morgan fingerprint density at radius 2 is 2.23 bits per heavy atom. The molecule has 0 amide bonds. The van der Waals surface area contributed by atoms with Crippen molar-refractivity contribution in [3.8, 4) is 0 Å². The number of hydrogen-bond acceptors (Lipinski definition) is 1. The summed E-state index contributed by atoms with van der Waals surface area (Å²) < 4.78 is 14.1. The first-order chi connectivity index (χ1) is 6.15. The van der Waals surface area contributed by atoms with Gasteiger partial charge in [0.1, 0.15) is 5.83 Å². The van der Waals surface area contributed by atoms with Crippen LogP contribution in [-0.4, -0.2) is 6.29 Å². The van der Waals surface area contributed by atoms with Crippen LogP contribution in [0, 0.1) is 11.8 Å². The standard InChI is InChI=1S/C10H8BrFO/c1-5-7-3-9(12)6(4-13)2-8(11)10(5)7/h2-5,10H,1H3. The third-order valence-electron chi connectivity index (χ3n) is 2.56. The number of carbonyl (C=O) groups is 1. The van der Waals surface area contributed by atoms with Gasteiger partial charge >= 0.3 is 0 Å². The van der Waals surface area contributed by atoms with Gasteiger partial charge in [-0.2, -0.15) is 0 Å². The fourth-order valence-corrected chi connectivity index (χ4v) is 2.57. The number of rotatable bonds is 1. The smallest absolute Gasteiger partial charge is 0.153 e. The lowest BCUT2D eigenvalue weighted by atomic mass is 10.2. The number of carbonyl (C=O) groups excluding carboxylic acids is 1. The Balaban J connectivity index is 2.48. The third kappa shape index (κ3) is 1.31. The van der Waals surface area contributed by atoms with Crippen molar-refractivity contribution >= 4 is 22.2 Å². The van der Waals surface area contributed by atoms with E-state index >= 15 is 0 Å². The molecule has 0 saturated heterocycles. The van der Waals surface area contributed by atoms with E-state index in [1.807, 2.05) is 6.92 Å². The zero-order valence-corrected chi connectivity index (χ0v) is 8.64. The molecular formula is C10H8BrFO. The maximum Gasteiger partial charge on any atom is 0.153 e. The highest BCUT2D eigenvalue weighted by atomic mass is 79.9. The van der Waals surface area contributed by atoms with Crippen LogP contribution in [0.1, 0.15) is 6.92 Å². The Kier molecular flexibility index (Phi) is 1.99. The molecule has 1 saturated carbocycles. The van der Waals surface area contributed by atoms with Gasteiger partial charge in [-0.1, -0.05) is 28.4 Å². The Morgan fingerprint density at radius 1 is 1.54 bits per heavy atom. The van der Waals surface area contributed by atoms with E-state index in [9.17, 15) is 9.18 Å². The summed E-state index contributed by atoms with van der Waals surface area (Å²) in [6.07, 6.45) is 3.59. The maximum atomic E-state index is 13.2. The molecule has 2 atom stereocenters. The maximum absolute atomic E-state index is 13.2. The highest BCUT2D eigenvalue weighted by Gasteiger charge is 2.43. The predicted molar refractivity (Wildman–Crippen MR) is 51.9 cm³/mol. The first-order valence-electron chi connectivity index (χ1n) is 4.08. The lowest BCUT2D eigenvalue weighted by Crippen LogP contribution is -1.85. The van der Waals surface area contributed by atoms with Crippen LogP contribution in [-0.2, 0) is 4.79 Å². The Morgan fingerprint density at radius 3 is 2.85 bits per heavy atom. The van der Waals surface area contributed by atoms with Gasteiger partial charge in [0.2, 0.25) is 0 Å². The average molecular weight is 243 g/mol. The second kappa shape index (κ2) is 2.91. The van der Waals surface area contributed by atoms with E-state index in [1.54, 1.807) is 6.08 Å². The Hall–Kier alpha value is -0.700. The molecular weight excluding hydrogens is 235 g/mol. The van der Waals surface area contributed by atoms with Gasteiger partial charge in [0.05, 0.1) is 5.57 Å². The summed E-state index contributed by atoms with van der Waals surface area (Å²) in [7, 11) is 0. The fraction of sp³-hybridized carbons (Fsp3) is 0.300. The number of fused-ring (bicyclic) bond motifs is 1. The summed E-state index contributed by atoms with van der Waals surface area (Å²) in [5.74, 6) is 0.279. The molecule has 1 fully saturated rings. The molecule has 2 rings (SSSR count). The van der Waals surface area contributed by atoms with Gasteiger partial charge < -0.3 is 0 Å². The van der Waals surface area contributed by atoms with E-state index in [0.717, 1.165) is 10.1 Å². The molecule has 68 valence electrons. The summed E-state index contributed by atoms with van der Waals surface area (Å²) in [6.45, 7) is 2.05. The minimum absolute atomic E-state index is 0.124. The van der Waals surface area contributed by atoms with E-state index in [4.69, 9.17) is 0 Å². The molecule has 0 heterocycles. The largest absolute Gasteiger partial charge is 0.298 e. The molecule has 0 aromatic carbocycles. The van der Waals surface area contributed by atoms with Crippen molar-refractivity contribution in [3.63, 3.8) is 0 Å². The lowest BCUT2D eigenvalue weighted by Gasteiger charge is -1.94. The van der Waals surface area contributed by atoms with Crippen molar-refractivity contribution in [1.82, 2.24) is 0 Å². The number of halogens is 2. The first kappa shape index (κ1) is 8.88. The zero-order chi connectivity index (χ0) is 9.59. The van der Waals surface area contributed by atoms with E-state index in [-0.39, 0.29) is 5.57 Å². The molecule has 2 aliphatic rings. The zero-order valence-electron chi connectivity index (χ0n) is 7.05. The summed E-state index contributed by atoms with van der Waals surface area (Å²) in [4.78, 5) is 10.5. The molecule has 2 unspecified atom stereocenters. The molecule has 0 aromatic rings. The summed E-state index contributed by atoms with van der Waals surface area (Å²) in [5.41, 5.74) is 1.19. The van der Waals surface area contributed by atoms with Gasteiger partial charge in [0, 0.05) is 10.4 Å². The molecule has 3 heteroatoms. The highest BCUT2D eigenvalue weighted by molar-refractivity contribution is 9.11. The van der Waals surface area contributed by atoms with Crippen molar-refractivity contribution in [2.24, 2.45) is 11.8 Å². The van der Waals surface area contributed by atoms with Crippen LogP contribution < -0.4 is 0 Å². The molecule has 0 aliphatic heterocycles. The van der Waals surface area contributed by atoms with Gasteiger partial charge in [-0.05, 0) is 18.1 Å². The molecule has 0 radical (unpaired) electrons. The molecule has 0 bridgehead atoms. The normalized spacial score (nSPS) is 31.6. The summed E-state index contributed by atoms with van der Waals surface area (Å²) in [6, 6.07) is 0. The minimum atomic E-state index is -0.422. The number of allylic oxidation sites excluding steroid dienone is 6. The molecule has 0 spiro atoms. The van der Waals surface area contributed by atoms with Crippen LogP contribution in [0.3, 0.4) is 0 Å². The van der Waals surface area contributed by atoms with Crippen molar-refractivity contribution in [2.75, 3.05) is 0 Å². The second-order valence-corrected chi connectivity index (χ2v) is 4.28. The van der Waals surface area contributed by atoms with E-state index in [0.29, 0.717) is 18.1 Å². The van der Waals surface area contributed by atoms with Crippen LogP contribution >= 0.6 is 15.9 Å². The number of aldehydes is 1. The number of hydrogen-bond donors (Lipinski definition) is 0. The van der Waals surface area contributed by atoms with Crippen molar-refractivity contribution in [1.29, 1.82) is 0 Å². The average Bonchev–Trinajstić information content (AvgIpc) is 2.73. The second-order valence-electron chi connectivity index (χ2n) is 3.36.